The highest BCUT2D eigenvalue weighted by molar-refractivity contribution is 5.97. The smallest absolute Gasteiger partial charge is 0.200 e. The highest BCUT2D eigenvalue weighted by atomic mass is 19.1. The number of halogens is 1. The van der Waals surface area contributed by atoms with Crippen LogP contribution in [0.1, 0.15) is 27.0 Å². The van der Waals surface area contributed by atoms with Crippen molar-refractivity contribution in [1.29, 1.82) is 0 Å². The Kier molecular flexibility index (Phi) is 4.18. The number of ketones is 1. The van der Waals surface area contributed by atoms with Gasteiger partial charge < -0.3 is 4.74 Å². The van der Waals surface area contributed by atoms with Crippen LogP contribution in [0, 0.1) is 26.6 Å². The van der Waals surface area contributed by atoms with Gasteiger partial charge in [0, 0.05) is 5.56 Å². The first kappa shape index (κ1) is 14.3. The molecular formula is C17H17FO2. The monoisotopic (exact) mass is 272 g/mol. The maximum Gasteiger partial charge on any atom is 0.200 e. The summed E-state index contributed by atoms with van der Waals surface area (Å²) < 4.78 is 19.0. The largest absolute Gasteiger partial charge is 0.482 e. The van der Waals surface area contributed by atoms with Crippen molar-refractivity contribution in [2.75, 3.05) is 6.61 Å². The summed E-state index contributed by atoms with van der Waals surface area (Å²) in [6.07, 6.45) is 0. The van der Waals surface area contributed by atoms with Crippen LogP contribution >= 0.6 is 0 Å². The number of hydrogen-bond acceptors (Lipinski definition) is 2. The van der Waals surface area contributed by atoms with E-state index in [-0.39, 0.29) is 18.1 Å². The molecule has 0 radical (unpaired) electrons. The van der Waals surface area contributed by atoms with Crippen LogP contribution in [0.2, 0.25) is 0 Å². The highest BCUT2D eigenvalue weighted by Crippen LogP contribution is 2.20. The minimum Gasteiger partial charge on any atom is -0.482 e. The summed E-state index contributed by atoms with van der Waals surface area (Å²) in [6.45, 7) is 5.44. The number of aryl methyl sites for hydroxylation is 3. The molecule has 0 aliphatic carbocycles. The molecule has 20 heavy (non-hydrogen) atoms. The Hall–Kier alpha value is -2.16. The molecule has 2 rings (SSSR count). The average Bonchev–Trinajstić information content (AvgIpc) is 2.43. The van der Waals surface area contributed by atoms with Crippen molar-refractivity contribution >= 4 is 5.78 Å². The van der Waals surface area contributed by atoms with Gasteiger partial charge in [0.15, 0.2) is 24.0 Å². The van der Waals surface area contributed by atoms with Crippen molar-refractivity contribution in [2.24, 2.45) is 0 Å². The second-order valence-corrected chi connectivity index (χ2v) is 4.90. The van der Waals surface area contributed by atoms with E-state index in [1.54, 1.807) is 25.1 Å². The zero-order valence-electron chi connectivity index (χ0n) is 11.9. The normalized spacial score (nSPS) is 10.4. The molecule has 3 heteroatoms. The number of hydrogen-bond donors (Lipinski definition) is 0. The van der Waals surface area contributed by atoms with E-state index < -0.39 is 5.82 Å². The maximum atomic E-state index is 13.7. The maximum absolute atomic E-state index is 13.7. The molecule has 2 nitrogen and oxygen atoms in total. The third kappa shape index (κ3) is 3.05. The molecule has 0 bridgehead atoms. The van der Waals surface area contributed by atoms with Gasteiger partial charge in [0.25, 0.3) is 0 Å². The first-order chi connectivity index (χ1) is 9.49. The van der Waals surface area contributed by atoms with E-state index in [2.05, 4.69) is 0 Å². The summed E-state index contributed by atoms with van der Waals surface area (Å²) >= 11 is 0. The van der Waals surface area contributed by atoms with Crippen molar-refractivity contribution in [2.45, 2.75) is 20.8 Å². The first-order valence-corrected chi connectivity index (χ1v) is 6.47. The number of carbonyl (C=O) groups excluding carboxylic acids is 1. The number of ether oxygens (including phenoxy) is 1. The first-order valence-electron chi connectivity index (χ1n) is 6.47. The molecule has 0 aliphatic heterocycles. The molecule has 0 N–H and O–H groups in total. The third-order valence-electron chi connectivity index (χ3n) is 3.34. The van der Waals surface area contributed by atoms with Gasteiger partial charge in [0.1, 0.15) is 0 Å². The van der Waals surface area contributed by atoms with Crippen molar-refractivity contribution in [3.8, 4) is 5.75 Å². The molecule has 0 fully saturated rings. The van der Waals surface area contributed by atoms with Gasteiger partial charge in [-0.15, -0.1) is 0 Å². The van der Waals surface area contributed by atoms with Gasteiger partial charge >= 0.3 is 0 Å². The molecule has 0 unspecified atom stereocenters. The van der Waals surface area contributed by atoms with Crippen LogP contribution in [0.3, 0.4) is 0 Å². The van der Waals surface area contributed by atoms with Gasteiger partial charge in [-0.1, -0.05) is 24.3 Å². The van der Waals surface area contributed by atoms with Crippen LogP contribution in [-0.2, 0) is 0 Å². The number of Topliss-reactive ketones (excluding diaryl/α,β-unsaturated/α-hetero) is 1. The lowest BCUT2D eigenvalue weighted by atomic mass is 10.0. The molecule has 0 saturated heterocycles. The standard InChI is InChI=1S/C17H17FO2/c1-11-7-8-14(9-13(11)3)15(19)10-20-16-6-4-5-12(2)17(16)18/h4-9H,10H2,1-3H3. The Balaban J connectivity index is 2.08. The van der Waals surface area contributed by atoms with Gasteiger partial charge in [-0.3, -0.25) is 4.79 Å². The van der Waals surface area contributed by atoms with Gasteiger partial charge in [-0.2, -0.15) is 0 Å². The molecular weight excluding hydrogens is 255 g/mol. The summed E-state index contributed by atoms with van der Waals surface area (Å²) in [5.74, 6) is -0.462. The molecule has 0 aromatic heterocycles. The molecule has 0 heterocycles. The predicted octanol–water partition coefficient (Wildman–Crippen LogP) is 4.01. The van der Waals surface area contributed by atoms with Crippen molar-refractivity contribution in [3.63, 3.8) is 0 Å². The summed E-state index contributed by atoms with van der Waals surface area (Å²) in [7, 11) is 0. The van der Waals surface area contributed by atoms with Gasteiger partial charge in [-0.25, -0.2) is 4.39 Å². The minimum absolute atomic E-state index is 0.113. The van der Waals surface area contributed by atoms with E-state index in [0.717, 1.165) is 11.1 Å². The Morgan fingerprint density at radius 2 is 1.80 bits per heavy atom. The van der Waals surface area contributed by atoms with Crippen LogP contribution in [0.4, 0.5) is 4.39 Å². The fraction of sp³-hybridized carbons (Fsp3) is 0.235. The lowest BCUT2D eigenvalue weighted by Gasteiger charge is -2.09. The van der Waals surface area contributed by atoms with Crippen LogP contribution < -0.4 is 4.74 Å². The second kappa shape index (κ2) is 5.87. The summed E-state index contributed by atoms with van der Waals surface area (Å²) in [5, 5.41) is 0. The minimum atomic E-state index is -0.416. The third-order valence-corrected chi connectivity index (χ3v) is 3.34. The zero-order chi connectivity index (χ0) is 14.7. The summed E-state index contributed by atoms with van der Waals surface area (Å²) in [6, 6.07) is 10.4. The summed E-state index contributed by atoms with van der Waals surface area (Å²) in [5.41, 5.74) is 3.27. The fourth-order valence-corrected chi connectivity index (χ4v) is 1.87. The van der Waals surface area contributed by atoms with Crippen molar-refractivity contribution in [3.05, 3.63) is 64.5 Å². The van der Waals surface area contributed by atoms with Crippen molar-refractivity contribution in [1.82, 2.24) is 0 Å². The molecule has 2 aromatic carbocycles. The highest BCUT2D eigenvalue weighted by Gasteiger charge is 2.11. The van der Waals surface area contributed by atoms with Crippen LogP contribution in [-0.4, -0.2) is 12.4 Å². The van der Waals surface area contributed by atoms with Gasteiger partial charge in [-0.05, 0) is 49.6 Å². The molecule has 0 aliphatic rings. The SMILES string of the molecule is Cc1ccc(C(=O)COc2cccc(C)c2F)cc1C. The van der Waals surface area contributed by atoms with Crippen molar-refractivity contribution < 1.29 is 13.9 Å². The zero-order valence-corrected chi connectivity index (χ0v) is 11.9. The van der Waals surface area contributed by atoms with E-state index in [1.807, 2.05) is 26.0 Å². The lowest BCUT2D eigenvalue weighted by molar-refractivity contribution is 0.0918. The Morgan fingerprint density at radius 1 is 1.05 bits per heavy atom. The summed E-state index contributed by atoms with van der Waals surface area (Å²) in [4.78, 5) is 12.0. The number of rotatable bonds is 4. The van der Waals surface area contributed by atoms with E-state index in [1.165, 1.54) is 6.07 Å². The number of benzene rings is 2. The Labute approximate surface area is 118 Å². The van der Waals surface area contributed by atoms with Crippen LogP contribution in [0.15, 0.2) is 36.4 Å². The van der Waals surface area contributed by atoms with Gasteiger partial charge in [0.2, 0.25) is 0 Å². The van der Waals surface area contributed by atoms with E-state index >= 15 is 0 Å². The average molecular weight is 272 g/mol. The molecule has 0 amide bonds. The molecule has 2 aromatic rings. The Morgan fingerprint density at radius 3 is 2.50 bits per heavy atom. The van der Waals surface area contributed by atoms with Crippen LogP contribution in [0.5, 0.6) is 5.75 Å². The number of carbonyl (C=O) groups is 1. The Bertz CT molecular complexity index is 647. The van der Waals surface area contributed by atoms with E-state index in [9.17, 15) is 9.18 Å². The lowest BCUT2D eigenvalue weighted by Crippen LogP contribution is -2.12. The van der Waals surface area contributed by atoms with Gasteiger partial charge in [0.05, 0.1) is 0 Å². The molecule has 0 atom stereocenters. The van der Waals surface area contributed by atoms with E-state index in [4.69, 9.17) is 4.74 Å². The van der Waals surface area contributed by atoms with Crippen LogP contribution in [0.25, 0.3) is 0 Å². The molecule has 0 spiro atoms. The second-order valence-electron chi connectivity index (χ2n) is 4.90. The quantitative estimate of drug-likeness (QED) is 0.786. The van der Waals surface area contributed by atoms with E-state index in [0.29, 0.717) is 11.1 Å². The fourth-order valence-electron chi connectivity index (χ4n) is 1.87. The predicted molar refractivity (Wildman–Crippen MR) is 76.9 cm³/mol. The molecule has 0 saturated carbocycles. The molecule has 104 valence electrons. The topological polar surface area (TPSA) is 26.3 Å².